The first-order valence-corrected chi connectivity index (χ1v) is 6.04. The summed E-state index contributed by atoms with van der Waals surface area (Å²) in [7, 11) is -9.68. The van der Waals surface area contributed by atoms with Gasteiger partial charge >= 0.3 is 20.8 Å². The van der Waals surface area contributed by atoms with Gasteiger partial charge in [0.05, 0.1) is 6.61 Å². The van der Waals surface area contributed by atoms with Crippen LogP contribution in [-0.2, 0) is 28.6 Å². The molecule has 0 aliphatic carbocycles. The van der Waals surface area contributed by atoms with Crippen molar-refractivity contribution in [3.05, 3.63) is 0 Å². The lowest BCUT2D eigenvalue weighted by molar-refractivity contribution is 0.260. The van der Waals surface area contributed by atoms with Crippen molar-refractivity contribution in [3.63, 3.8) is 0 Å². The number of rotatable bonds is 6. The Kier molecular flexibility index (Phi) is 4.78. The van der Waals surface area contributed by atoms with Crippen LogP contribution in [0.25, 0.3) is 0 Å². The Morgan fingerprint density at radius 3 is 2.15 bits per heavy atom. The third kappa shape index (κ3) is 8.12. The monoisotopic (exact) mass is 234 g/mol. The molecular formula is C4H10O7S2. The second-order valence-electron chi connectivity index (χ2n) is 2.08. The summed E-state index contributed by atoms with van der Waals surface area (Å²) in [5.74, 6) is 0. The average molecular weight is 234 g/mol. The van der Waals surface area contributed by atoms with Gasteiger partial charge in [0.15, 0.2) is 0 Å². The maximum atomic E-state index is 10.5. The van der Waals surface area contributed by atoms with Crippen molar-refractivity contribution >= 4 is 20.8 Å². The van der Waals surface area contributed by atoms with E-state index in [0.717, 1.165) is 0 Å². The van der Waals surface area contributed by atoms with Gasteiger partial charge in [-0.3, -0.25) is 4.55 Å². The molecule has 0 bridgehead atoms. The van der Waals surface area contributed by atoms with Gasteiger partial charge < -0.3 is 0 Å². The smallest absolute Gasteiger partial charge is 0.263 e. The molecule has 80 valence electrons. The Bertz CT molecular complexity index is 326. The lowest BCUT2D eigenvalue weighted by Gasteiger charge is -2.01. The van der Waals surface area contributed by atoms with Crippen LogP contribution in [-0.4, -0.2) is 28.0 Å². The lowest BCUT2D eigenvalue weighted by Crippen LogP contribution is -2.15. The number of hydrogen-bond acceptors (Lipinski definition) is 6. The first-order valence-electron chi connectivity index (χ1n) is 3.35. The Balaban J connectivity index is 4.12. The van der Waals surface area contributed by atoms with Gasteiger partial charge in [0.2, 0.25) is 0 Å². The highest BCUT2D eigenvalue weighted by Crippen LogP contribution is 2.02. The fraction of sp³-hybridized carbons (Fsp3) is 1.00. The van der Waals surface area contributed by atoms with Crippen molar-refractivity contribution in [1.29, 1.82) is 0 Å². The zero-order valence-corrected chi connectivity index (χ0v) is 8.47. The highest BCUT2D eigenvalue weighted by Gasteiger charge is 2.20. The van der Waals surface area contributed by atoms with Crippen LogP contribution in [0.1, 0.15) is 19.8 Å². The minimum Gasteiger partial charge on any atom is -0.263 e. The van der Waals surface area contributed by atoms with Crippen molar-refractivity contribution in [2.24, 2.45) is 0 Å². The van der Waals surface area contributed by atoms with Crippen LogP contribution in [0.2, 0.25) is 0 Å². The number of unbranched alkanes of at least 4 members (excludes halogenated alkanes) is 1. The van der Waals surface area contributed by atoms with Crippen LogP contribution in [0.4, 0.5) is 0 Å². The summed E-state index contributed by atoms with van der Waals surface area (Å²) in [5.41, 5.74) is 0. The first kappa shape index (κ1) is 12.8. The minimum atomic E-state index is -5.03. The molecule has 0 unspecified atom stereocenters. The van der Waals surface area contributed by atoms with E-state index in [1.54, 1.807) is 6.92 Å². The fourth-order valence-corrected chi connectivity index (χ4v) is 1.75. The van der Waals surface area contributed by atoms with Gasteiger partial charge in [-0.25, -0.2) is 4.18 Å². The maximum absolute atomic E-state index is 10.5. The van der Waals surface area contributed by atoms with Crippen LogP contribution in [0.3, 0.4) is 0 Å². The van der Waals surface area contributed by atoms with Gasteiger partial charge in [0.1, 0.15) is 0 Å². The minimum absolute atomic E-state index is 0.186. The van der Waals surface area contributed by atoms with Crippen molar-refractivity contribution in [3.8, 4) is 0 Å². The third-order valence-electron chi connectivity index (χ3n) is 0.895. The molecule has 0 heterocycles. The summed E-state index contributed by atoms with van der Waals surface area (Å²) in [6.07, 6.45) is 1.12. The number of hydrogen-bond donors (Lipinski definition) is 1. The average Bonchev–Trinajstić information content (AvgIpc) is 1.81. The summed E-state index contributed by atoms with van der Waals surface area (Å²) in [4.78, 5) is 0. The van der Waals surface area contributed by atoms with E-state index in [-0.39, 0.29) is 6.61 Å². The SMILES string of the molecule is CCCCOS(=O)(=O)OS(=O)(=O)O. The highest BCUT2D eigenvalue weighted by atomic mass is 32.3. The normalized spacial score (nSPS) is 13.1. The fourth-order valence-electron chi connectivity index (χ4n) is 0.430. The van der Waals surface area contributed by atoms with Crippen LogP contribution < -0.4 is 0 Å². The molecule has 0 amide bonds. The standard InChI is InChI=1S/C4H10O7S2/c1-2-3-4-10-13(8,9)11-12(5,6)7/h2-4H2,1H3,(H,5,6,7). The molecule has 0 aromatic carbocycles. The van der Waals surface area contributed by atoms with Crippen molar-refractivity contribution in [1.82, 2.24) is 0 Å². The van der Waals surface area contributed by atoms with Crippen LogP contribution >= 0.6 is 0 Å². The Hall–Kier alpha value is -0.220. The Morgan fingerprint density at radius 2 is 1.77 bits per heavy atom. The molecule has 0 spiro atoms. The van der Waals surface area contributed by atoms with Crippen LogP contribution in [0.5, 0.6) is 0 Å². The van der Waals surface area contributed by atoms with E-state index in [0.29, 0.717) is 12.8 Å². The molecular weight excluding hydrogens is 224 g/mol. The zero-order valence-electron chi connectivity index (χ0n) is 6.83. The molecule has 0 rings (SSSR count). The molecule has 0 radical (unpaired) electrons. The summed E-state index contributed by atoms with van der Waals surface area (Å²) in [6, 6.07) is 0. The Labute approximate surface area is 76.9 Å². The largest absolute Gasteiger partial charge is 0.416 e. The Morgan fingerprint density at radius 1 is 1.23 bits per heavy atom. The molecule has 0 aromatic rings. The quantitative estimate of drug-likeness (QED) is 0.503. The summed E-state index contributed by atoms with van der Waals surface area (Å²) >= 11 is 0. The van der Waals surface area contributed by atoms with E-state index in [1.807, 2.05) is 0 Å². The second kappa shape index (κ2) is 4.86. The molecule has 0 fully saturated rings. The van der Waals surface area contributed by atoms with E-state index < -0.39 is 20.8 Å². The van der Waals surface area contributed by atoms with E-state index in [4.69, 9.17) is 4.55 Å². The van der Waals surface area contributed by atoms with Gasteiger partial charge in [0, 0.05) is 0 Å². The molecule has 0 saturated carbocycles. The highest BCUT2D eigenvalue weighted by molar-refractivity contribution is 7.94. The third-order valence-corrected chi connectivity index (χ3v) is 2.70. The first-order chi connectivity index (χ1) is 5.77. The molecule has 7 nitrogen and oxygen atoms in total. The van der Waals surface area contributed by atoms with E-state index >= 15 is 0 Å². The molecule has 9 heteroatoms. The maximum Gasteiger partial charge on any atom is 0.416 e. The zero-order chi connectivity index (χ0) is 10.5. The van der Waals surface area contributed by atoms with Crippen molar-refractivity contribution in [2.45, 2.75) is 19.8 Å². The second-order valence-corrected chi connectivity index (χ2v) is 4.53. The van der Waals surface area contributed by atoms with E-state index in [2.05, 4.69) is 7.81 Å². The van der Waals surface area contributed by atoms with E-state index in [1.165, 1.54) is 0 Å². The lowest BCUT2D eigenvalue weighted by atomic mass is 10.4. The topological polar surface area (TPSA) is 107 Å². The summed E-state index contributed by atoms with van der Waals surface area (Å²) in [6.45, 7) is 1.61. The molecule has 13 heavy (non-hydrogen) atoms. The molecule has 0 aromatic heterocycles. The van der Waals surface area contributed by atoms with Gasteiger partial charge in [-0.2, -0.15) is 16.8 Å². The predicted octanol–water partition coefficient (Wildman–Crippen LogP) is -0.133. The molecule has 1 N–H and O–H groups in total. The van der Waals surface area contributed by atoms with Crippen LogP contribution in [0.15, 0.2) is 0 Å². The van der Waals surface area contributed by atoms with Gasteiger partial charge in [-0.15, -0.1) is 3.63 Å². The van der Waals surface area contributed by atoms with Gasteiger partial charge in [-0.1, -0.05) is 13.3 Å². The molecule has 0 aliphatic rings. The molecule has 0 aliphatic heterocycles. The van der Waals surface area contributed by atoms with Crippen LogP contribution in [0, 0.1) is 0 Å². The van der Waals surface area contributed by atoms with Crippen molar-refractivity contribution in [2.75, 3.05) is 6.61 Å². The van der Waals surface area contributed by atoms with Gasteiger partial charge in [-0.05, 0) is 6.42 Å². The predicted molar refractivity (Wildman–Crippen MR) is 42.4 cm³/mol. The molecule has 0 saturated heterocycles. The van der Waals surface area contributed by atoms with Crippen molar-refractivity contribution < 1.29 is 29.2 Å². The molecule has 0 atom stereocenters. The summed E-state index contributed by atoms with van der Waals surface area (Å²) < 4.78 is 56.3. The summed E-state index contributed by atoms with van der Waals surface area (Å²) in [5, 5.41) is 0. The van der Waals surface area contributed by atoms with Gasteiger partial charge in [0.25, 0.3) is 0 Å². The van der Waals surface area contributed by atoms with E-state index in [9.17, 15) is 16.8 Å².